The van der Waals surface area contributed by atoms with E-state index in [-0.39, 0.29) is 17.4 Å². The monoisotopic (exact) mass is 342 g/mol. The second-order valence-electron chi connectivity index (χ2n) is 6.44. The van der Waals surface area contributed by atoms with E-state index < -0.39 is 5.97 Å². The van der Waals surface area contributed by atoms with Gasteiger partial charge in [-0.2, -0.15) is 5.10 Å². The predicted octanol–water partition coefficient (Wildman–Crippen LogP) is 2.15. The largest absolute Gasteiger partial charge is 0.478 e. The standard InChI is InChI=1S/C18H22N4O3/c1-12-19-16(21-20-12)8-9-17(23)22-10-2-3-15(11-22)13-4-6-14(7-5-13)18(24)25/h4-7,15H,2-3,8-11H2,1H3,(H,24,25)(H,19,20,21). The Morgan fingerprint density at radius 1 is 1.32 bits per heavy atom. The molecule has 3 rings (SSSR count). The number of amides is 1. The normalized spacial score (nSPS) is 17.5. The van der Waals surface area contributed by atoms with Gasteiger partial charge in [-0.25, -0.2) is 9.78 Å². The molecular weight excluding hydrogens is 320 g/mol. The quantitative estimate of drug-likeness (QED) is 0.867. The fourth-order valence-corrected chi connectivity index (χ4v) is 3.25. The molecule has 1 atom stereocenters. The van der Waals surface area contributed by atoms with Gasteiger partial charge in [0.25, 0.3) is 0 Å². The average molecular weight is 342 g/mol. The van der Waals surface area contributed by atoms with Crippen molar-refractivity contribution in [2.24, 2.45) is 0 Å². The van der Waals surface area contributed by atoms with Gasteiger partial charge in [0, 0.05) is 31.8 Å². The number of carbonyl (C=O) groups is 2. The SMILES string of the molecule is Cc1nc(CCC(=O)N2CCCC(c3ccc(C(=O)O)cc3)C2)n[nH]1. The molecule has 2 aromatic rings. The summed E-state index contributed by atoms with van der Waals surface area (Å²) < 4.78 is 0. The molecule has 1 fully saturated rings. The Bertz CT molecular complexity index is 754. The Hall–Kier alpha value is -2.70. The fourth-order valence-electron chi connectivity index (χ4n) is 3.25. The van der Waals surface area contributed by atoms with Crippen LogP contribution >= 0.6 is 0 Å². The van der Waals surface area contributed by atoms with Gasteiger partial charge in [0.05, 0.1) is 5.56 Å². The minimum atomic E-state index is -0.922. The lowest BCUT2D eigenvalue weighted by molar-refractivity contribution is -0.132. The number of rotatable bonds is 5. The van der Waals surface area contributed by atoms with E-state index in [1.807, 2.05) is 24.0 Å². The Balaban J connectivity index is 1.58. The van der Waals surface area contributed by atoms with Crippen molar-refractivity contribution < 1.29 is 14.7 Å². The molecule has 1 saturated heterocycles. The molecule has 0 bridgehead atoms. The van der Waals surface area contributed by atoms with E-state index in [1.165, 1.54) is 0 Å². The van der Waals surface area contributed by atoms with Crippen LogP contribution in [0.3, 0.4) is 0 Å². The summed E-state index contributed by atoms with van der Waals surface area (Å²) in [6.45, 7) is 3.29. The van der Waals surface area contributed by atoms with Crippen LogP contribution in [0, 0.1) is 6.92 Å². The van der Waals surface area contributed by atoms with Crippen LogP contribution in [0.5, 0.6) is 0 Å². The topological polar surface area (TPSA) is 99.2 Å². The molecular formula is C18H22N4O3. The van der Waals surface area contributed by atoms with Gasteiger partial charge in [0.15, 0.2) is 5.82 Å². The first-order valence-corrected chi connectivity index (χ1v) is 8.52. The van der Waals surface area contributed by atoms with Gasteiger partial charge >= 0.3 is 5.97 Å². The lowest BCUT2D eigenvalue weighted by atomic mass is 9.90. The Morgan fingerprint density at radius 3 is 2.72 bits per heavy atom. The molecule has 2 heterocycles. The third-order valence-corrected chi connectivity index (χ3v) is 4.61. The van der Waals surface area contributed by atoms with E-state index in [2.05, 4.69) is 15.2 Å². The lowest BCUT2D eigenvalue weighted by Crippen LogP contribution is -2.39. The van der Waals surface area contributed by atoms with E-state index in [0.29, 0.717) is 25.2 Å². The molecule has 0 saturated carbocycles. The first-order chi connectivity index (χ1) is 12.0. The van der Waals surface area contributed by atoms with Crippen molar-refractivity contribution in [3.05, 3.63) is 47.0 Å². The van der Waals surface area contributed by atoms with Gasteiger partial charge in [-0.3, -0.25) is 9.89 Å². The summed E-state index contributed by atoms with van der Waals surface area (Å²) in [5.74, 6) is 0.879. The number of aromatic carboxylic acids is 1. The molecule has 1 aromatic heterocycles. The lowest BCUT2D eigenvalue weighted by Gasteiger charge is -2.33. The van der Waals surface area contributed by atoms with Gasteiger partial charge in [0.1, 0.15) is 5.82 Å². The number of aryl methyl sites for hydroxylation is 2. The van der Waals surface area contributed by atoms with E-state index in [4.69, 9.17) is 5.11 Å². The maximum absolute atomic E-state index is 12.5. The highest BCUT2D eigenvalue weighted by atomic mass is 16.4. The number of carbonyl (C=O) groups excluding carboxylic acids is 1. The number of H-pyrrole nitrogens is 1. The Morgan fingerprint density at radius 2 is 2.08 bits per heavy atom. The highest BCUT2D eigenvalue weighted by Crippen LogP contribution is 2.27. The number of nitrogens with one attached hydrogen (secondary N) is 1. The summed E-state index contributed by atoms with van der Waals surface area (Å²) in [6.07, 6.45) is 2.91. The van der Waals surface area contributed by atoms with Crippen molar-refractivity contribution in [1.82, 2.24) is 20.1 Å². The number of nitrogens with zero attached hydrogens (tertiary/aromatic N) is 3. The minimum absolute atomic E-state index is 0.120. The first kappa shape index (κ1) is 17.1. The number of hydrogen-bond donors (Lipinski definition) is 2. The van der Waals surface area contributed by atoms with Crippen LogP contribution < -0.4 is 0 Å². The third-order valence-electron chi connectivity index (χ3n) is 4.61. The highest BCUT2D eigenvalue weighted by molar-refractivity contribution is 5.87. The van der Waals surface area contributed by atoms with Crippen LogP contribution in [0.15, 0.2) is 24.3 Å². The van der Waals surface area contributed by atoms with Crippen molar-refractivity contribution in [2.75, 3.05) is 13.1 Å². The van der Waals surface area contributed by atoms with E-state index in [1.54, 1.807) is 12.1 Å². The smallest absolute Gasteiger partial charge is 0.335 e. The summed E-state index contributed by atoms with van der Waals surface area (Å²) in [7, 11) is 0. The van der Waals surface area contributed by atoms with E-state index >= 15 is 0 Å². The van der Waals surface area contributed by atoms with Gasteiger partial charge < -0.3 is 10.0 Å². The zero-order valence-electron chi connectivity index (χ0n) is 14.2. The van der Waals surface area contributed by atoms with Gasteiger partial charge in [-0.05, 0) is 37.5 Å². The summed E-state index contributed by atoms with van der Waals surface area (Å²) >= 11 is 0. The molecule has 1 amide bonds. The number of hydrogen-bond acceptors (Lipinski definition) is 4. The van der Waals surface area contributed by atoms with E-state index in [0.717, 1.165) is 30.8 Å². The van der Waals surface area contributed by atoms with Crippen molar-refractivity contribution in [2.45, 2.75) is 38.5 Å². The van der Waals surface area contributed by atoms with Crippen LogP contribution in [0.2, 0.25) is 0 Å². The Labute approximate surface area is 146 Å². The molecule has 0 radical (unpaired) electrons. The molecule has 25 heavy (non-hydrogen) atoms. The second-order valence-corrected chi connectivity index (χ2v) is 6.44. The first-order valence-electron chi connectivity index (χ1n) is 8.52. The molecule has 1 aromatic carbocycles. The number of piperidine rings is 1. The number of carboxylic acids is 1. The van der Waals surface area contributed by atoms with Crippen LogP contribution in [-0.4, -0.2) is 50.2 Å². The molecule has 132 valence electrons. The minimum Gasteiger partial charge on any atom is -0.478 e. The van der Waals surface area contributed by atoms with Gasteiger partial charge in [-0.15, -0.1) is 0 Å². The van der Waals surface area contributed by atoms with Crippen LogP contribution in [0.4, 0.5) is 0 Å². The summed E-state index contributed by atoms with van der Waals surface area (Å²) in [5, 5.41) is 15.8. The van der Waals surface area contributed by atoms with Crippen LogP contribution in [-0.2, 0) is 11.2 Å². The zero-order chi connectivity index (χ0) is 17.8. The van der Waals surface area contributed by atoms with Gasteiger partial charge in [-0.1, -0.05) is 12.1 Å². The number of aromatic nitrogens is 3. The summed E-state index contributed by atoms with van der Waals surface area (Å²) in [4.78, 5) is 29.6. The molecule has 7 heteroatoms. The molecule has 0 spiro atoms. The average Bonchev–Trinajstić information content (AvgIpc) is 3.05. The molecule has 0 aliphatic carbocycles. The second kappa shape index (κ2) is 7.46. The molecule has 2 N–H and O–H groups in total. The van der Waals surface area contributed by atoms with Gasteiger partial charge in [0.2, 0.25) is 5.91 Å². The maximum Gasteiger partial charge on any atom is 0.335 e. The predicted molar refractivity (Wildman–Crippen MR) is 91.4 cm³/mol. The molecule has 1 aliphatic heterocycles. The highest BCUT2D eigenvalue weighted by Gasteiger charge is 2.24. The summed E-state index contributed by atoms with van der Waals surface area (Å²) in [5.41, 5.74) is 1.38. The van der Waals surface area contributed by atoms with Crippen molar-refractivity contribution in [3.63, 3.8) is 0 Å². The number of likely N-dealkylation sites (tertiary alicyclic amines) is 1. The third kappa shape index (κ3) is 4.23. The van der Waals surface area contributed by atoms with E-state index in [9.17, 15) is 9.59 Å². The fraction of sp³-hybridized carbons (Fsp3) is 0.444. The van der Waals surface area contributed by atoms with Crippen LogP contribution in [0.1, 0.15) is 52.8 Å². The summed E-state index contributed by atoms with van der Waals surface area (Å²) in [6, 6.07) is 6.98. The van der Waals surface area contributed by atoms with Crippen molar-refractivity contribution in [1.29, 1.82) is 0 Å². The van der Waals surface area contributed by atoms with Crippen molar-refractivity contribution in [3.8, 4) is 0 Å². The number of benzene rings is 1. The molecule has 1 unspecified atom stereocenters. The number of aromatic amines is 1. The van der Waals surface area contributed by atoms with Crippen molar-refractivity contribution >= 4 is 11.9 Å². The number of carboxylic acid groups (broad SMARTS) is 1. The molecule has 7 nitrogen and oxygen atoms in total. The Kier molecular flexibility index (Phi) is 5.11. The maximum atomic E-state index is 12.5. The zero-order valence-corrected chi connectivity index (χ0v) is 14.2. The van der Waals surface area contributed by atoms with Crippen LogP contribution in [0.25, 0.3) is 0 Å². The molecule has 1 aliphatic rings.